The predicted molar refractivity (Wildman–Crippen MR) is 103 cm³/mol. The first-order chi connectivity index (χ1) is 12.6. The summed E-state index contributed by atoms with van der Waals surface area (Å²) in [6, 6.07) is 8.32. The van der Waals surface area contributed by atoms with E-state index in [0.717, 1.165) is 55.5 Å². The van der Waals surface area contributed by atoms with Crippen molar-refractivity contribution >= 4 is 11.6 Å². The quantitative estimate of drug-likeness (QED) is 0.894. The number of nitrogens with zero attached hydrogens (tertiary/aromatic N) is 3. The topological polar surface area (TPSA) is 50.2 Å². The molecule has 1 aromatic heterocycles. The summed E-state index contributed by atoms with van der Waals surface area (Å²) in [6.45, 7) is 3.73. The van der Waals surface area contributed by atoms with E-state index >= 15 is 0 Å². The van der Waals surface area contributed by atoms with Gasteiger partial charge in [-0.3, -0.25) is 9.69 Å². The fourth-order valence-electron chi connectivity index (χ4n) is 3.83. The van der Waals surface area contributed by atoms with Crippen molar-refractivity contribution in [3.63, 3.8) is 0 Å². The van der Waals surface area contributed by atoms with Crippen LogP contribution < -0.4 is 5.32 Å². The lowest BCUT2D eigenvalue weighted by Crippen LogP contribution is -2.46. The third-order valence-electron chi connectivity index (χ3n) is 5.80. The number of carbonyl (C=O) groups excluding carboxylic acids is 1. The average Bonchev–Trinajstić information content (AvgIpc) is 3.45. The van der Waals surface area contributed by atoms with E-state index in [1.165, 1.54) is 18.4 Å². The number of imidazole rings is 1. The van der Waals surface area contributed by atoms with Crippen LogP contribution in [0, 0.1) is 6.92 Å². The lowest BCUT2D eigenvalue weighted by atomic mass is 10.0. The Hall–Kier alpha value is -2.14. The van der Waals surface area contributed by atoms with Crippen LogP contribution in [0.15, 0.2) is 30.5 Å². The van der Waals surface area contributed by atoms with Crippen LogP contribution >= 0.6 is 0 Å². The summed E-state index contributed by atoms with van der Waals surface area (Å²) in [4.78, 5) is 19.7. The highest BCUT2D eigenvalue weighted by molar-refractivity contribution is 5.94. The number of hydrogen-bond acceptors (Lipinski definition) is 3. The molecule has 1 aliphatic heterocycles. The van der Waals surface area contributed by atoms with E-state index in [0.29, 0.717) is 0 Å². The van der Waals surface area contributed by atoms with Gasteiger partial charge in [-0.25, -0.2) is 4.98 Å². The van der Waals surface area contributed by atoms with Crippen LogP contribution in [0.4, 0.5) is 5.69 Å². The first kappa shape index (κ1) is 17.3. The van der Waals surface area contributed by atoms with Gasteiger partial charge in [-0.15, -0.1) is 0 Å². The third kappa shape index (κ3) is 3.68. The Morgan fingerprint density at radius 1 is 1.19 bits per heavy atom. The Morgan fingerprint density at radius 3 is 2.62 bits per heavy atom. The minimum absolute atomic E-state index is 0.0798. The minimum Gasteiger partial charge on any atom is -0.334 e. The molecule has 4 rings (SSSR count). The molecule has 0 unspecified atom stereocenters. The van der Waals surface area contributed by atoms with Gasteiger partial charge in [-0.05, 0) is 62.8 Å². The molecule has 1 amide bonds. The molecular weight excluding hydrogens is 324 g/mol. The highest BCUT2D eigenvalue weighted by atomic mass is 16.2. The van der Waals surface area contributed by atoms with Gasteiger partial charge in [0.2, 0.25) is 5.91 Å². The fourth-order valence-corrected chi connectivity index (χ4v) is 3.83. The maximum Gasteiger partial charge on any atom is 0.241 e. The van der Waals surface area contributed by atoms with Gasteiger partial charge in [-0.1, -0.05) is 18.6 Å². The zero-order valence-corrected chi connectivity index (χ0v) is 15.7. The zero-order valence-electron chi connectivity index (χ0n) is 15.7. The third-order valence-corrected chi connectivity index (χ3v) is 5.80. The van der Waals surface area contributed by atoms with E-state index in [1.807, 2.05) is 25.4 Å². The molecule has 0 radical (unpaired) electrons. The molecular formula is C21H28N4O. The first-order valence-corrected chi connectivity index (χ1v) is 9.74. The molecule has 1 atom stereocenters. The molecule has 0 bridgehead atoms. The van der Waals surface area contributed by atoms with Gasteiger partial charge in [0.25, 0.3) is 0 Å². The van der Waals surface area contributed by atoms with E-state index < -0.39 is 0 Å². The highest BCUT2D eigenvalue weighted by Gasteiger charge is 2.30. The average molecular weight is 352 g/mol. The van der Waals surface area contributed by atoms with Crippen LogP contribution in [-0.4, -0.2) is 32.9 Å². The number of nitrogens with one attached hydrogen (secondary N) is 1. The number of anilines is 1. The summed E-state index contributed by atoms with van der Waals surface area (Å²) in [6.07, 6.45) is 7.66. The number of hydrogen-bond donors (Lipinski definition) is 1. The van der Waals surface area contributed by atoms with Crippen LogP contribution in [-0.2, 0) is 18.4 Å². The molecule has 1 aliphatic carbocycles. The van der Waals surface area contributed by atoms with Gasteiger partial charge < -0.3 is 9.88 Å². The van der Waals surface area contributed by atoms with Crippen molar-refractivity contribution in [2.24, 2.45) is 7.05 Å². The molecule has 5 nitrogen and oxygen atoms in total. The van der Waals surface area contributed by atoms with Gasteiger partial charge >= 0.3 is 0 Å². The molecule has 2 heterocycles. The summed E-state index contributed by atoms with van der Waals surface area (Å²) in [5.41, 5.74) is 3.44. The Balaban J connectivity index is 1.43. The fraction of sp³-hybridized carbons (Fsp3) is 0.524. The number of aryl methyl sites for hydroxylation is 1. The van der Waals surface area contributed by atoms with Crippen molar-refractivity contribution in [3.05, 3.63) is 47.5 Å². The van der Waals surface area contributed by atoms with Crippen LogP contribution in [0.3, 0.4) is 0 Å². The Labute approximate surface area is 155 Å². The second-order valence-electron chi connectivity index (χ2n) is 7.74. The second kappa shape index (κ2) is 7.23. The number of rotatable bonds is 5. The Bertz CT molecular complexity index is 776. The van der Waals surface area contributed by atoms with Crippen molar-refractivity contribution < 1.29 is 4.79 Å². The summed E-state index contributed by atoms with van der Waals surface area (Å²) in [5, 5.41) is 3.13. The summed E-state index contributed by atoms with van der Waals surface area (Å²) in [7, 11) is 2.04. The maximum atomic E-state index is 12.9. The smallest absolute Gasteiger partial charge is 0.241 e. The monoisotopic (exact) mass is 352 g/mol. The Kier molecular flexibility index (Phi) is 4.81. The SMILES string of the molecule is Cc1cnc(CN2CCCC[C@@H]2C(=O)Nc2ccc(C3CC3)cc2)n1C. The van der Waals surface area contributed by atoms with Crippen LogP contribution in [0.1, 0.15) is 55.1 Å². The number of carbonyl (C=O) groups is 1. The number of benzene rings is 1. The lowest BCUT2D eigenvalue weighted by molar-refractivity contribution is -0.122. The van der Waals surface area contributed by atoms with Gasteiger partial charge in [0.15, 0.2) is 0 Å². The van der Waals surface area contributed by atoms with E-state index in [4.69, 9.17) is 0 Å². The van der Waals surface area contributed by atoms with Crippen molar-refractivity contribution in [1.29, 1.82) is 0 Å². The van der Waals surface area contributed by atoms with E-state index in [1.54, 1.807) is 0 Å². The van der Waals surface area contributed by atoms with E-state index in [9.17, 15) is 4.79 Å². The molecule has 2 aliphatic rings. The highest BCUT2D eigenvalue weighted by Crippen LogP contribution is 2.40. The van der Waals surface area contributed by atoms with Crippen molar-refractivity contribution in [3.8, 4) is 0 Å². The molecule has 2 aromatic rings. The molecule has 5 heteroatoms. The van der Waals surface area contributed by atoms with Crippen LogP contribution in [0.25, 0.3) is 0 Å². The zero-order chi connectivity index (χ0) is 18.1. The van der Waals surface area contributed by atoms with Crippen LogP contribution in [0.2, 0.25) is 0 Å². The number of aromatic nitrogens is 2. The minimum atomic E-state index is -0.0798. The molecule has 1 aromatic carbocycles. The number of likely N-dealkylation sites (tertiary alicyclic amines) is 1. The largest absolute Gasteiger partial charge is 0.334 e. The van der Waals surface area contributed by atoms with E-state index in [2.05, 4.69) is 38.8 Å². The molecule has 1 saturated heterocycles. The molecule has 26 heavy (non-hydrogen) atoms. The standard InChI is InChI=1S/C21H28N4O/c1-15-13-22-20(24(15)2)14-25-12-4-3-5-19(25)21(26)23-18-10-8-17(9-11-18)16-6-7-16/h8-11,13,16,19H,3-7,12,14H2,1-2H3,(H,23,26)/t19-/m1/s1. The summed E-state index contributed by atoms with van der Waals surface area (Å²) < 4.78 is 2.11. The summed E-state index contributed by atoms with van der Waals surface area (Å²) in [5.74, 6) is 1.88. The van der Waals surface area contributed by atoms with Crippen LogP contribution in [0.5, 0.6) is 0 Å². The second-order valence-corrected chi connectivity index (χ2v) is 7.74. The van der Waals surface area contributed by atoms with Crippen molar-refractivity contribution in [2.45, 2.75) is 57.5 Å². The summed E-state index contributed by atoms with van der Waals surface area (Å²) >= 11 is 0. The molecule has 1 N–H and O–H groups in total. The first-order valence-electron chi connectivity index (χ1n) is 9.74. The normalized spacial score (nSPS) is 20.9. The lowest BCUT2D eigenvalue weighted by Gasteiger charge is -2.34. The van der Waals surface area contributed by atoms with Crippen molar-refractivity contribution in [1.82, 2.24) is 14.5 Å². The van der Waals surface area contributed by atoms with Crippen molar-refractivity contribution in [2.75, 3.05) is 11.9 Å². The number of amides is 1. The molecule has 2 fully saturated rings. The molecule has 1 saturated carbocycles. The molecule has 138 valence electrons. The van der Waals surface area contributed by atoms with E-state index in [-0.39, 0.29) is 11.9 Å². The van der Waals surface area contributed by atoms with Gasteiger partial charge in [0, 0.05) is 24.6 Å². The molecule has 0 spiro atoms. The number of piperidine rings is 1. The Morgan fingerprint density at radius 2 is 1.96 bits per heavy atom. The van der Waals surface area contributed by atoms with Gasteiger partial charge in [0.1, 0.15) is 5.82 Å². The van der Waals surface area contributed by atoms with Gasteiger partial charge in [0.05, 0.1) is 12.6 Å². The maximum absolute atomic E-state index is 12.9. The van der Waals surface area contributed by atoms with Gasteiger partial charge in [-0.2, -0.15) is 0 Å². The predicted octanol–water partition coefficient (Wildman–Crippen LogP) is 3.60.